The highest BCUT2D eigenvalue weighted by Crippen LogP contribution is 2.13. The molecule has 2 rings (SSSR count). The van der Waals surface area contributed by atoms with Crippen molar-refractivity contribution in [2.24, 2.45) is 5.92 Å². The average molecular weight is 251 g/mol. The van der Waals surface area contributed by atoms with Crippen LogP contribution in [0.3, 0.4) is 0 Å². The SMILES string of the molecule is O=C(NCC1CCCOC1)c1ccc(S)cc1. The molecule has 1 aliphatic rings. The zero-order chi connectivity index (χ0) is 12.1. The predicted molar refractivity (Wildman–Crippen MR) is 69.6 cm³/mol. The van der Waals surface area contributed by atoms with Crippen LogP contribution in [0.2, 0.25) is 0 Å². The van der Waals surface area contributed by atoms with E-state index >= 15 is 0 Å². The minimum absolute atomic E-state index is 0.0242. The van der Waals surface area contributed by atoms with Crippen LogP contribution >= 0.6 is 12.6 Å². The topological polar surface area (TPSA) is 38.3 Å². The van der Waals surface area contributed by atoms with Crippen LogP contribution in [0.5, 0.6) is 0 Å². The number of hydrogen-bond donors (Lipinski definition) is 2. The lowest BCUT2D eigenvalue weighted by molar-refractivity contribution is 0.0536. The van der Waals surface area contributed by atoms with Crippen molar-refractivity contribution >= 4 is 18.5 Å². The lowest BCUT2D eigenvalue weighted by atomic mass is 10.0. The minimum atomic E-state index is -0.0242. The molecular formula is C13H17NO2S. The molecule has 1 amide bonds. The van der Waals surface area contributed by atoms with Gasteiger partial charge < -0.3 is 10.1 Å². The molecule has 0 saturated carbocycles. The minimum Gasteiger partial charge on any atom is -0.381 e. The second-order valence-corrected chi connectivity index (χ2v) is 4.86. The van der Waals surface area contributed by atoms with E-state index in [-0.39, 0.29) is 5.91 Å². The smallest absolute Gasteiger partial charge is 0.251 e. The third-order valence-corrected chi connectivity index (χ3v) is 3.23. The average Bonchev–Trinajstić information content (AvgIpc) is 2.38. The molecule has 1 aromatic carbocycles. The molecule has 1 fully saturated rings. The lowest BCUT2D eigenvalue weighted by Gasteiger charge is -2.22. The maximum Gasteiger partial charge on any atom is 0.251 e. The molecule has 1 atom stereocenters. The molecule has 3 nitrogen and oxygen atoms in total. The van der Waals surface area contributed by atoms with Gasteiger partial charge in [0.05, 0.1) is 6.61 Å². The van der Waals surface area contributed by atoms with E-state index in [1.807, 2.05) is 12.1 Å². The number of nitrogens with one attached hydrogen (secondary N) is 1. The van der Waals surface area contributed by atoms with E-state index in [0.717, 1.165) is 31.0 Å². The Morgan fingerprint density at radius 3 is 2.82 bits per heavy atom. The number of benzene rings is 1. The Morgan fingerprint density at radius 2 is 2.18 bits per heavy atom. The summed E-state index contributed by atoms with van der Waals surface area (Å²) in [5.41, 5.74) is 0.680. The van der Waals surface area contributed by atoms with Crippen molar-refractivity contribution in [2.75, 3.05) is 19.8 Å². The van der Waals surface area contributed by atoms with Gasteiger partial charge in [-0.25, -0.2) is 0 Å². The summed E-state index contributed by atoms with van der Waals surface area (Å²) in [4.78, 5) is 12.7. The summed E-state index contributed by atoms with van der Waals surface area (Å²) >= 11 is 4.19. The van der Waals surface area contributed by atoms with Crippen molar-refractivity contribution in [3.63, 3.8) is 0 Å². The Bertz CT molecular complexity index is 372. The Kier molecular flexibility index (Phi) is 4.45. The van der Waals surface area contributed by atoms with E-state index in [2.05, 4.69) is 17.9 Å². The molecule has 92 valence electrons. The summed E-state index contributed by atoms with van der Waals surface area (Å²) in [6.07, 6.45) is 2.23. The zero-order valence-corrected chi connectivity index (χ0v) is 10.6. The summed E-state index contributed by atoms with van der Waals surface area (Å²) in [6, 6.07) is 7.22. The normalized spacial score (nSPS) is 19.9. The molecule has 0 aromatic heterocycles. The summed E-state index contributed by atoms with van der Waals surface area (Å²) in [6.45, 7) is 2.31. The molecule has 0 spiro atoms. The highest BCUT2D eigenvalue weighted by atomic mass is 32.1. The van der Waals surface area contributed by atoms with Crippen molar-refractivity contribution in [3.05, 3.63) is 29.8 Å². The monoisotopic (exact) mass is 251 g/mol. The van der Waals surface area contributed by atoms with Crippen LogP contribution in [0.15, 0.2) is 29.2 Å². The standard InChI is InChI=1S/C13H17NO2S/c15-13(11-3-5-12(17)6-4-11)14-8-10-2-1-7-16-9-10/h3-6,10,17H,1-2,7-9H2,(H,14,15). The third kappa shape index (κ3) is 3.75. The van der Waals surface area contributed by atoms with Crippen molar-refractivity contribution in [1.82, 2.24) is 5.32 Å². The van der Waals surface area contributed by atoms with Gasteiger partial charge in [-0.15, -0.1) is 12.6 Å². The molecule has 1 unspecified atom stereocenters. The van der Waals surface area contributed by atoms with Crippen LogP contribution in [-0.2, 0) is 4.74 Å². The second kappa shape index (κ2) is 6.07. The van der Waals surface area contributed by atoms with E-state index in [1.165, 1.54) is 0 Å². The fraction of sp³-hybridized carbons (Fsp3) is 0.462. The fourth-order valence-corrected chi connectivity index (χ4v) is 2.07. The predicted octanol–water partition coefficient (Wildman–Crippen LogP) is 2.13. The maximum absolute atomic E-state index is 11.8. The van der Waals surface area contributed by atoms with Crippen LogP contribution in [0.1, 0.15) is 23.2 Å². The fourth-order valence-electron chi connectivity index (χ4n) is 1.92. The summed E-state index contributed by atoms with van der Waals surface area (Å²) < 4.78 is 5.37. The molecular weight excluding hydrogens is 234 g/mol. The third-order valence-electron chi connectivity index (χ3n) is 2.94. The Labute approximate surface area is 107 Å². The van der Waals surface area contributed by atoms with Gasteiger partial charge in [0.1, 0.15) is 0 Å². The van der Waals surface area contributed by atoms with Crippen molar-refractivity contribution in [3.8, 4) is 0 Å². The molecule has 1 N–H and O–H groups in total. The number of ether oxygens (including phenoxy) is 1. The number of amides is 1. The molecule has 17 heavy (non-hydrogen) atoms. The van der Waals surface area contributed by atoms with E-state index in [9.17, 15) is 4.79 Å². The molecule has 1 aromatic rings. The Hall–Kier alpha value is -1.00. The van der Waals surface area contributed by atoms with Gasteiger partial charge in [0.2, 0.25) is 0 Å². The molecule has 1 heterocycles. The molecule has 1 saturated heterocycles. The van der Waals surface area contributed by atoms with Crippen LogP contribution in [0, 0.1) is 5.92 Å². The van der Waals surface area contributed by atoms with Gasteiger partial charge in [0.25, 0.3) is 5.91 Å². The van der Waals surface area contributed by atoms with Crippen molar-refractivity contribution in [2.45, 2.75) is 17.7 Å². The maximum atomic E-state index is 11.8. The van der Waals surface area contributed by atoms with E-state index in [4.69, 9.17) is 4.74 Å². The first-order valence-corrected chi connectivity index (χ1v) is 6.35. The summed E-state index contributed by atoms with van der Waals surface area (Å²) in [5.74, 6) is 0.431. The van der Waals surface area contributed by atoms with E-state index in [1.54, 1.807) is 12.1 Å². The van der Waals surface area contributed by atoms with Crippen LogP contribution in [-0.4, -0.2) is 25.7 Å². The van der Waals surface area contributed by atoms with Crippen LogP contribution < -0.4 is 5.32 Å². The molecule has 0 radical (unpaired) electrons. The van der Waals surface area contributed by atoms with Gasteiger partial charge in [0, 0.05) is 23.6 Å². The first-order chi connectivity index (χ1) is 8.25. The van der Waals surface area contributed by atoms with E-state index in [0.29, 0.717) is 18.0 Å². The molecule has 0 bridgehead atoms. The van der Waals surface area contributed by atoms with Crippen LogP contribution in [0.4, 0.5) is 0 Å². The van der Waals surface area contributed by atoms with Crippen LogP contribution in [0.25, 0.3) is 0 Å². The van der Waals surface area contributed by atoms with Crippen molar-refractivity contribution in [1.29, 1.82) is 0 Å². The summed E-state index contributed by atoms with van der Waals surface area (Å²) in [7, 11) is 0. The number of carbonyl (C=O) groups is 1. The largest absolute Gasteiger partial charge is 0.381 e. The van der Waals surface area contributed by atoms with Gasteiger partial charge in [-0.3, -0.25) is 4.79 Å². The number of thiol groups is 1. The second-order valence-electron chi connectivity index (χ2n) is 4.34. The molecule has 4 heteroatoms. The van der Waals surface area contributed by atoms with Gasteiger partial charge in [0.15, 0.2) is 0 Å². The Balaban J connectivity index is 1.82. The van der Waals surface area contributed by atoms with Gasteiger partial charge in [-0.1, -0.05) is 0 Å². The number of rotatable bonds is 3. The highest BCUT2D eigenvalue weighted by Gasteiger charge is 2.15. The van der Waals surface area contributed by atoms with Crippen molar-refractivity contribution < 1.29 is 9.53 Å². The van der Waals surface area contributed by atoms with Gasteiger partial charge in [-0.05, 0) is 43.0 Å². The van der Waals surface area contributed by atoms with Gasteiger partial charge in [-0.2, -0.15) is 0 Å². The summed E-state index contributed by atoms with van der Waals surface area (Å²) in [5, 5.41) is 2.94. The first-order valence-electron chi connectivity index (χ1n) is 5.90. The Morgan fingerprint density at radius 1 is 1.41 bits per heavy atom. The number of hydrogen-bond acceptors (Lipinski definition) is 3. The number of carbonyl (C=O) groups excluding carboxylic acids is 1. The highest BCUT2D eigenvalue weighted by molar-refractivity contribution is 7.80. The molecule has 1 aliphatic heterocycles. The molecule has 0 aliphatic carbocycles. The van der Waals surface area contributed by atoms with Gasteiger partial charge >= 0.3 is 0 Å². The first kappa shape index (κ1) is 12.5. The quantitative estimate of drug-likeness (QED) is 0.808. The zero-order valence-electron chi connectivity index (χ0n) is 9.69. The van der Waals surface area contributed by atoms with E-state index < -0.39 is 0 Å². The lowest BCUT2D eigenvalue weighted by Crippen LogP contribution is -2.33.